The molecule has 2 heterocycles. The highest BCUT2D eigenvalue weighted by Gasteiger charge is 2.14. The minimum atomic E-state index is 0.445. The second-order valence-electron chi connectivity index (χ2n) is 6.02. The van der Waals surface area contributed by atoms with Crippen molar-refractivity contribution in [2.45, 2.75) is 34.1 Å². The van der Waals surface area contributed by atoms with Gasteiger partial charge in [-0.1, -0.05) is 20.8 Å². The number of rotatable bonds is 6. The van der Waals surface area contributed by atoms with Crippen molar-refractivity contribution in [3.05, 3.63) is 35.1 Å². The predicted molar refractivity (Wildman–Crippen MR) is 94.7 cm³/mol. The Bertz CT molecular complexity index is 811. The highest BCUT2D eigenvalue weighted by Crippen LogP contribution is 2.33. The van der Waals surface area contributed by atoms with Crippen LogP contribution in [0.25, 0.3) is 16.3 Å². The molecule has 0 atom stereocenters. The van der Waals surface area contributed by atoms with Crippen LogP contribution in [0.1, 0.15) is 31.3 Å². The Kier molecular flexibility index (Phi) is 4.89. The van der Waals surface area contributed by atoms with Gasteiger partial charge < -0.3 is 4.74 Å². The number of aromatic nitrogens is 5. The van der Waals surface area contributed by atoms with Crippen molar-refractivity contribution in [1.82, 2.24) is 25.2 Å². The molecule has 126 valence electrons. The molecule has 0 aliphatic carbocycles. The van der Waals surface area contributed by atoms with E-state index in [2.05, 4.69) is 43.2 Å². The van der Waals surface area contributed by atoms with E-state index in [1.807, 2.05) is 18.2 Å². The van der Waals surface area contributed by atoms with E-state index >= 15 is 0 Å². The molecule has 0 radical (unpaired) electrons. The molecule has 0 spiro atoms. The first-order chi connectivity index (χ1) is 11.6. The topological polar surface area (TPSA) is 65.7 Å². The van der Waals surface area contributed by atoms with Gasteiger partial charge in [0.2, 0.25) is 0 Å². The minimum Gasteiger partial charge on any atom is -0.491 e. The minimum absolute atomic E-state index is 0.445. The first kappa shape index (κ1) is 16.6. The lowest BCUT2D eigenvalue weighted by Crippen LogP contribution is -2.07. The number of hydrogen-bond acceptors (Lipinski definition) is 6. The molecule has 24 heavy (non-hydrogen) atoms. The Morgan fingerprint density at radius 3 is 2.75 bits per heavy atom. The third-order valence-corrected chi connectivity index (χ3v) is 4.94. The van der Waals surface area contributed by atoms with E-state index in [1.54, 1.807) is 22.3 Å². The van der Waals surface area contributed by atoms with Crippen LogP contribution in [-0.4, -0.2) is 31.8 Å². The van der Waals surface area contributed by atoms with Crippen LogP contribution in [0.5, 0.6) is 5.75 Å². The molecule has 0 aliphatic rings. The van der Waals surface area contributed by atoms with Crippen molar-refractivity contribution >= 4 is 11.3 Å². The first-order valence-corrected chi connectivity index (χ1v) is 8.87. The van der Waals surface area contributed by atoms with E-state index in [0.717, 1.165) is 34.1 Å². The molecule has 0 fully saturated rings. The molecule has 3 aromatic rings. The molecule has 0 saturated carbocycles. The summed E-state index contributed by atoms with van der Waals surface area (Å²) in [5, 5.41) is 12.5. The Morgan fingerprint density at radius 1 is 1.29 bits per heavy atom. The number of ether oxygens (including phenoxy) is 1. The summed E-state index contributed by atoms with van der Waals surface area (Å²) >= 11 is 1.73. The Morgan fingerprint density at radius 2 is 2.12 bits per heavy atom. The van der Waals surface area contributed by atoms with E-state index in [0.29, 0.717) is 12.5 Å². The molecule has 6 nitrogen and oxygen atoms in total. The fourth-order valence-corrected chi connectivity index (χ4v) is 3.36. The third-order valence-electron chi connectivity index (χ3n) is 3.59. The zero-order valence-electron chi connectivity index (χ0n) is 14.4. The smallest absolute Gasteiger partial charge is 0.145 e. The Hall–Kier alpha value is -2.28. The summed E-state index contributed by atoms with van der Waals surface area (Å²) in [6, 6.07) is 6.04. The third kappa shape index (κ3) is 3.46. The number of nitrogens with zero attached hydrogens (tertiary/aromatic N) is 5. The van der Waals surface area contributed by atoms with Crippen LogP contribution in [0.3, 0.4) is 0 Å². The van der Waals surface area contributed by atoms with Gasteiger partial charge in [0.05, 0.1) is 12.3 Å². The van der Waals surface area contributed by atoms with Crippen LogP contribution < -0.4 is 4.74 Å². The van der Waals surface area contributed by atoms with Crippen LogP contribution >= 0.6 is 11.3 Å². The highest BCUT2D eigenvalue weighted by atomic mass is 32.1. The van der Waals surface area contributed by atoms with Crippen LogP contribution in [0, 0.1) is 12.8 Å². The van der Waals surface area contributed by atoms with E-state index in [1.165, 1.54) is 4.88 Å². The van der Waals surface area contributed by atoms with Crippen molar-refractivity contribution in [2.75, 3.05) is 6.61 Å². The fraction of sp³-hybridized carbons (Fsp3) is 0.412. The normalized spacial score (nSPS) is 11.2. The zero-order chi connectivity index (χ0) is 17.1. The molecule has 3 rings (SSSR count). The summed E-state index contributed by atoms with van der Waals surface area (Å²) in [5.41, 5.74) is 2.97. The molecule has 0 saturated heterocycles. The quantitative estimate of drug-likeness (QED) is 0.683. The maximum Gasteiger partial charge on any atom is 0.145 e. The van der Waals surface area contributed by atoms with Gasteiger partial charge in [0.25, 0.3) is 0 Å². The summed E-state index contributed by atoms with van der Waals surface area (Å²) in [5.74, 6) is 1.21. The summed E-state index contributed by atoms with van der Waals surface area (Å²) in [4.78, 5) is 6.01. The van der Waals surface area contributed by atoms with Gasteiger partial charge in [-0.05, 0) is 47.9 Å². The van der Waals surface area contributed by atoms with Gasteiger partial charge in [0, 0.05) is 10.4 Å². The SMILES string of the molecule is CCc1sc(-c2ccc(OCC(C)C)c(-n3cnnn3)c2)nc1C. The second kappa shape index (κ2) is 7.09. The van der Waals surface area contributed by atoms with Crippen molar-refractivity contribution in [3.8, 4) is 22.0 Å². The van der Waals surface area contributed by atoms with Crippen molar-refractivity contribution in [1.29, 1.82) is 0 Å². The first-order valence-electron chi connectivity index (χ1n) is 8.05. The molecular weight excluding hydrogens is 322 g/mol. The molecule has 0 amide bonds. The largest absolute Gasteiger partial charge is 0.491 e. The van der Waals surface area contributed by atoms with Gasteiger partial charge in [-0.2, -0.15) is 4.68 Å². The number of benzene rings is 1. The van der Waals surface area contributed by atoms with Gasteiger partial charge in [-0.3, -0.25) is 0 Å². The van der Waals surface area contributed by atoms with Gasteiger partial charge in [-0.25, -0.2) is 4.98 Å². The van der Waals surface area contributed by atoms with Crippen molar-refractivity contribution in [3.63, 3.8) is 0 Å². The zero-order valence-corrected chi connectivity index (χ0v) is 15.2. The van der Waals surface area contributed by atoms with Crippen LogP contribution in [-0.2, 0) is 6.42 Å². The standard InChI is InChI=1S/C17H21N5OS/c1-5-16-12(4)19-17(24-16)13-6-7-15(23-9-11(2)3)14(8-13)22-10-18-20-21-22/h6-8,10-11H,5,9H2,1-4H3. The maximum atomic E-state index is 5.93. The molecule has 0 aliphatic heterocycles. The lowest BCUT2D eigenvalue weighted by Gasteiger charge is -2.13. The molecule has 2 aromatic heterocycles. The molecule has 1 aromatic carbocycles. The van der Waals surface area contributed by atoms with Gasteiger partial charge in [0.1, 0.15) is 22.8 Å². The number of hydrogen-bond donors (Lipinski definition) is 0. The second-order valence-corrected chi connectivity index (χ2v) is 7.11. The Labute approximate surface area is 145 Å². The van der Waals surface area contributed by atoms with Crippen molar-refractivity contribution < 1.29 is 4.74 Å². The van der Waals surface area contributed by atoms with Crippen molar-refractivity contribution in [2.24, 2.45) is 5.92 Å². The number of tetrazole rings is 1. The predicted octanol–water partition coefficient (Wildman–Crippen LogP) is 3.69. The molecular formula is C17H21N5OS. The lowest BCUT2D eigenvalue weighted by molar-refractivity contribution is 0.270. The van der Waals surface area contributed by atoms with E-state index in [-0.39, 0.29) is 0 Å². The maximum absolute atomic E-state index is 5.93. The van der Waals surface area contributed by atoms with E-state index in [4.69, 9.17) is 9.72 Å². The monoisotopic (exact) mass is 343 g/mol. The van der Waals surface area contributed by atoms with Crippen LogP contribution in [0.4, 0.5) is 0 Å². The molecule has 7 heteroatoms. The summed E-state index contributed by atoms with van der Waals surface area (Å²) in [6.45, 7) is 9.09. The van der Waals surface area contributed by atoms with E-state index in [9.17, 15) is 0 Å². The fourth-order valence-electron chi connectivity index (χ4n) is 2.36. The average Bonchev–Trinajstić information content (AvgIpc) is 3.22. The Balaban J connectivity index is 2.01. The number of aryl methyl sites for hydroxylation is 2. The average molecular weight is 343 g/mol. The van der Waals surface area contributed by atoms with Crippen LogP contribution in [0.15, 0.2) is 24.5 Å². The van der Waals surface area contributed by atoms with Gasteiger partial charge in [-0.15, -0.1) is 16.4 Å². The molecule has 0 unspecified atom stereocenters. The molecule has 0 bridgehead atoms. The number of thiazole rings is 1. The highest BCUT2D eigenvalue weighted by molar-refractivity contribution is 7.15. The summed E-state index contributed by atoms with van der Waals surface area (Å²) < 4.78 is 7.56. The summed E-state index contributed by atoms with van der Waals surface area (Å²) in [7, 11) is 0. The van der Waals surface area contributed by atoms with Gasteiger partial charge in [0.15, 0.2) is 0 Å². The van der Waals surface area contributed by atoms with E-state index < -0.39 is 0 Å². The molecule has 0 N–H and O–H groups in total. The van der Waals surface area contributed by atoms with Gasteiger partial charge >= 0.3 is 0 Å². The lowest BCUT2D eigenvalue weighted by atomic mass is 10.2. The summed E-state index contributed by atoms with van der Waals surface area (Å²) in [6.07, 6.45) is 2.57. The van der Waals surface area contributed by atoms with Crippen LogP contribution in [0.2, 0.25) is 0 Å².